The zero-order valence-corrected chi connectivity index (χ0v) is 11.0. The van der Waals surface area contributed by atoms with Gasteiger partial charge >= 0.3 is 5.97 Å². The summed E-state index contributed by atoms with van der Waals surface area (Å²) in [5.41, 5.74) is -1.62. The van der Waals surface area contributed by atoms with E-state index in [1.807, 2.05) is 5.38 Å². The second-order valence-corrected chi connectivity index (χ2v) is 5.53. The molecule has 100 valence electrons. The number of hydrogen-bond acceptors (Lipinski definition) is 2. The third-order valence-corrected chi connectivity index (χ3v) is 4.00. The van der Waals surface area contributed by atoms with Crippen LogP contribution in [0.15, 0.2) is 35.7 Å². The van der Waals surface area contributed by atoms with E-state index < -0.39 is 23.0 Å². The summed E-state index contributed by atoms with van der Waals surface area (Å²) < 4.78 is 27.1. The molecule has 0 spiro atoms. The van der Waals surface area contributed by atoms with E-state index in [0.717, 1.165) is 10.9 Å². The number of carboxylic acid groups (broad SMARTS) is 1. The molecule has 0 fully saturated rings. The van der Waals surface area contributed by atoms with Crippen molar-refractivity contribution in [1.82, 2.24) is 0 Å². The van der Waals surface area contributed by atoms with E-state index in [-0.39, 0.29) is 12.0 Å². The zero-order chi connectivity index (χ0) is 14.0. The van der Waals surface area contributed by atoms with Crippen LogP contribution in [0.3, 0.4) is 0 Å². The van der Waals surface area contributed by atoms with E-state index >= 15 is 0 Å². The fraction of sp³-hybridized carbons (Fsp3) is 0.214. The molecule has 1 unspecified atom stereocenters. The average molecular weight is 282 g/mol. The van der Waals surface area contributed by atoms with Gasteiger partial charge < -0.3 is 5.11 Å². The zero-order valence-electron chi connectivity index (χ0n) is 10.2. The number of rotatable bonds is 4. The van der Waals surface area contributed by atoms with Crippen molar-refractivity contribution < 1.29 is 18.7 Å². The number of halogens is 2. The fourth-order valence-corrected chi connectivity index (χ4v) is 2.84. The van der Waals surface area contributed by atoms with Gasteiger partial charge in [-0.05, 0) is 24.4 Å². The predicted octanol–water partition coefficient (Wildman–Crippen LogP) is 3.61. The Morgan fingerprint density at radius 1 is 1.32 bits per heavy atom. The topological polar surface area (TPSA) is 37.3 Å². The van der Waals surface area contributed by atoms with E-state index in [9.17, 15) is 18.7 Å². The molecule has 0 aliphatic carbocycles. The lowest BCUT2D eigenvalue weighted by molar-refractivity contribution is -0.143. The lowest BCUT2D eigenvalue weighted by Gasteiger charge is -2.25. The van der Waals surface area contributed by atoms with Crippen LogP contribution in [0.1, 0.15) is 17.4 Å². The van der Waals surface area contributed by atoms with Crippen LogP contribution in [0.25, 0.3) is 0 Å². The van der Waals surface area contributed by atoms with Crippen molar-refractivity contribution in [3.05, 3.63) is 57.8 Å². The van der Waals surface area contributed by atoms with Gasteiger partial charge in [-0.25, -0.2) is 8.78 Å². The van der Waals surface area contributed by atoms with Crippen LogP contribution in [0, 0.1) is 11.6 Å². The Labute approximate surface area is 113 Å². The molecule has 0 aliphatic rings. The minimum absolute atomic E-state index is 0.125. The number of carbonyl (C=O) groups is 1. The molecule has 1 atom stereocenters. The Hall–Kier alpha value is -1.75. The molecule has 5 heteroatoms. The van der Waals surface area contributed by atoms with Crippen molar-refractivity contribution in [3.63, 3.8) is 0 Å². The predicted molar refractivity (Wildman–Crippen MR) is 69.4 cm³/mol. The Morgan fingerprint density at radius 3 is 2.63 bits per heavy atom. The summed E-state index contributed by atoms with van der Waals surface area (Å²) in [6, 6.07) is 7.20. The van der Waals surface area contributed by atoms with E-state index in [4.69, 9.17) is 0 Å². The van der Waals surface area contributed by atoms with Gasteiger partial charge in [0.05, 0.1) is 5.41 Å². The third-order valence-electron chi connectivity index (χ3n) is 3.13. The van der Waals surface area contributed by atoms with Crippen LogP contribution >= 0.6 is 11.3 Å². The summed E-state index contributed by atoms with van der Waals surface area (Å²) in [5, 5.41) is 11.2. The first-order valence-electron chi connectivity index (χ1n) is 5.65. The molecule has 0 saturated carbocycles. The molecule has 0 bridgehead atoms. The lowest BCUT2D eigenvalue weighted by atomic mass is 9.78. The minimum atomic E-state index is -1.49. The Morgan fingerprint density at radius 2 is 2.05 bits per heavy atom. The highest BCUT2D eigenvalue weighted by atomic mass is 32.1. The standard InChI is InChI=1S/C14H12F2O2S/c1-14(13(17)18,8-9-4-3-7-19-9)10-5-2-6-11(15)12(10)16/h2-7H,8H2,1H3,(H,17,18). The van der Waals surface area contributed by atoms with Crippen LogP contribution < -0.4 is 0 Å². The summed E-state index contributed by atoms with van der Waals surface area (Å²) in [5.74, 6) is -3.30. The maximum atomic E-state index is 13.9. The maximum Gasteiger partial charge on any atom is 0.314 e. The van der Waals surface area contributed by atoms with E-state index in [2.05, 4.69) is 0 Å². The Balaban J connectivity index is 2.50. The van der Waals surface area contributed by atoms with E-state index in [0.29, 0.717) is 0 Å². The van der Waals surface area contributed by atoms with Gasteiger partial charge in [-0.15, -0.1) is 11.3 Å². The number of hydrogen-bond donors (Lipinski definition) is 1. The largest absolute Gasteiger partial charge is 0.481 e. The van der Waals surface area contributed by atoms with Gasteiger partial charge in [0.1, 0.15) is 0 Å². The molecular weight excluding hydrogens is 270 g/mol. The third kappa shape index (κ3) is 2.51. The average Bonchev–Trinajstić information content (AvgIpc) is 2.85. The lowest BCUT2D eigenvalue weighted by Crippen LogP contribution is -2.35. The maximum absolute atomic E-state index is 13.9. The van der Waals surface area contributed by atoms with Crippen LogP contribution in [0.4, 0.5) is 8.78 Å². The smallest absolute Gasteiger partial charge is 0.314 e. The van der Waals surface area contributed by atoms with Gasteiger partial charge in [0.15, 0.2) is 11.6 Å². The summed E-state index contributed by atoms with van der Waals surface area (Å²) in [4.78, 5) is 12.3. The second-order valence-electron chi connectivity index (χ2n) is 4.49. The van der Waals surface area contributed by atoms with Gasteiger partial charge in [0, 0.05) is 16.9 Å². The normalized spacial score (nSPS) is 14.1. The number of thiophene rings is 1. The van der Waals surface area contributed by atoms with E-state index in [1.54, 1.807) is 12.1 Å². The van der Waals surface area contributed by atoms with Gasteiger partial charge in [0.25, 0.3) is 0 Å². The summed E-state index contributed by atoms with van der Waals surface area (Å²) >= 11 is 1.39. The first-order chi connectivity index (χ1) is 8.95. The van der Waals surface area contributed by atoms with Crippen molar-refractivity contribution in [1.29, 1.82) is 0 Å². The molecule has 0 aliphatic heterocycles. The van der Waals surface area contributed by atoms with Crippen molar-refractivity contribution in [2.45, 2.75) is 18.8 Å². The molecule has 0 amide bonds. The highest BCUT2D eigenvalue weighted by Crippen LogP contribution is 2.32. The molecule has 2 aromatic rings. The molecular formula is C14H12F2O2S. The van der Waals surface area contributed by atoms with Crippen LogP contribution in [0.5, 0.6) is 0 Å². The Bertz CT molecular complexity index is 595. The van der Waals surface area contributed by atoms with Gasteiger partial charge in [-0.1, -0.05) is 18.2 Å². The number of aliphatic carboxylic acids is 1. The monoisotopic (exact) mass is 282 g/mol. The van der Waals surface area contributed by atoms with Crippen molar-refractivity contribution in [2.75, 3.05) is 0 Å². The van der Waals surface area contributed by atoms with Crippen molar-refractivity contribution in [2.24, 2.45) is 0 Å². The SMILES string of the molecule is CC(Cc1cccs1)(C(=O)O)c1cccc(F)c1F. The summed E-state index contributed by atoms with van der Waals surface area (Å²) in [6.07, 6.45) is 0.125. The molecule has 1 heterocycles. The van der Waals surface area contributed by atoms with Gasteiger partial charge in [-0.3, -0.25) is 4.79 Å². The molecule has 2 nitrogen and oxygen atoms in total. The van der Waals surface area contributed by atoms with Gasteiger partial charge in [0.2, 0.25) is 0 Å². The molecule has 0 radical (unpaired) electrons. The van der Waals surface area contributed by atoms with Crippen molar-refractivity contribution >= 4 is 17.3 Å². The van der Waals surface area contributed by atoms with E-state index in [1.165, 1.54) is 30.4 Å². The van der Waals surface area contributed by atoms with Crippen molar-refractivity contribution in [3.8, 4) is 0 Å². The summed E-state index contributed by atoms with van der Waals surface area (Å²) in [6.45, 7) is 1.41. The fourth-order valence-electron chi connectivity index (χ4n) is 1.98. The van der Waals surface area contributed by atoms with Crippen LogP contribution in [-0.2, 0) is 16.6 Å². The first kappa shape index (κ1) is 13.7. The van der Waals surface area contributed by atoms with Crippen LogP contribution in [0.2, 0.25) is 0 Å². The highest BCUT2D eigenvalue weighted by Gasteiger charge is 2.38. The second kappa shape index (κ2) is 5.09. The summed E-state index contributed by atoms with van der Waals surface area (Å²) in [7, 11) is 0. The molecule has 2 rings (SSSR count). The molecule has 1 aromatic carbocycles. The Kier molecular flexibility index (Phi) is 3.66. The van der Waals surface area contributed by atoms with Crippen LogP contribution in [-0.4, -0.2) is 11.1 Å². The first-order valence-corrected chi connectivity index (χ1v) is 6.53. The number of benzene rings is 1. The molecule has 19 heavy (non-hydrogen) atoms. The van der Waals surface area contributed by atoms with Gasteiger partial charge in [-0.2, -0.15) is 0 Å². The quantitative estimate of drug-likeness (QED) is 0.930. The highest BCUT2D eigenvalue weighted by molar-refractivity contribution is 7.09. The molecule has 1 N–H and O–H groups in total. The molecule has 1 aromatic heterocycles. The minimum Gasteiger partial charge on any atom is -0.481 e. The number of carboxylic acids is 1. The molecule has 0 saturated heterocycles.